The monoisotopic (exact) mass is 768 g/mol. The van der Waals surface area contributed by atoms with E-state index in [0.29, 0.717) is 34.1 Å². The van der Waals surface area contributed by atoms with Crippen molar-refractivity contribution in [1.29, 1.82) is 0 Å². The lowest BCUT2D eigenvalue weighted by Gasteiger charge is -2.34. The fourth-order valence-electron chi connectivity index (χ4n) is 6.46. The predicted molar refractivity (Wildman–Crippen MR) is 200 cm³/mol. The topological polar surface area (TPSA) is 171 Å². The molecule has 1 amide bonds. The van der Waals surface area contributed by atoms with Gasteiger partial charge in [0.25, 0.3) is 26.0 Å². The molecule has 17 heteroatoms. The molecule has 3 aromatic carbocycles. The maximum Gasteiger partial charge on any atom is 0.284 e. The average Bonchev–Trinajstić information content (AvgIpc) is 3.91. The third-order valence-electron chi connectivity index (χ3n) is 8.79. The minimum atomic E-state index is -4.14. The zero-order valence-corrected chi connectivity index (χ0v) is 30.8. The molecule has 0 unspecified atom stereocenters. The second-order valence-corrected chi connectivity index (χ2v) is 17.2. The maximum absolute atomic E-state index is 13.8. The number of rotatable bonds is 9. The summed E-state index contributed by atoms with van der Waals surface area (Å²) in [6, 6.07) is 20.9. The highest BCUT2D eigenvalue weighted by Gasteiger charge is 2.26. The molecule has 5 heterocycles. The van der Waals surface area contributed by atoms with Gasteiger partial charge in [-0.25, -0.2) is 9.97 Å². The lowest BCUT2D eigenvalue weighted by atomic mass is 10.0. The van der Waals surface area contributed by atoms with E-state index in [1.165, 1.54) is 54.2 Å². The number of anilines is 1. The molecular weight excluding hydrogens is 737 g/mol. The third-order valence-corrected chi connectivity index (χ3v) is 12.8. The Morgan fingerprint density at radius 1 is 0.830 bits per heavy atom. The molecule has 270 valence electrons. The van der Waals surface area contributed by atoms with E-state index in [-0.39, 0.29) is 38.9 Å². The van der Waals surface area contributed by atoms with Gasteiger partial charge in [0.2, 0.25) is 0 Å². The van der Waals surface area contributed by atoms with Crippen LogP contribution in [0.4, 0.5) is 5.69 Å². The van der Waals surface area contributed by atoms with Crippen molar-refractivity contribution in [2.24, 2.45) is 0 Å². The largest absolute Gasteiger partial charge is 0.373 e. The molecule has 0 bridgehead atoms. The molecule has 8 rings (SSSR count). The van der Waals surface area contributed by atoms with Crippen LogP contribution in [0.2, 0.25) is 0 Å². The van der Waals surface area contributed by atoms with E-state index in [1.807, 2.05) is 13.8 Å². The summed E-state index contributed by atoms with van der Waals surface area (Å²) in [7, 11) is -8.16. The molecular formula is C36H32N8O6S3. The number of fused-ring (bicyclic) bond motifs is 2. The first-order valence-corrected chi connectivity index (χ1v) is 20.3. The van der Waals surface area contributed by atoms with E-state index in [9.17, 15) is 21.6 Å². The number of hydrogen-bond acceptors (Lipinski definition) is 12. The summed E-state index contributed by atoms with van der Waals surface area (Å²) in [5.41, 5.74) is 1.84. The number of aromatic nitrogens is 6. The molecule has 1 N–H and O–H groups in total. The van der Waals surface area contributed by atoms with E-state index in [0.717, 1.165) is 26.3 Å². The molecule has 0 aliphatic carbocycles. The second-order valence-electron chi connectivity index (χ2n) is 12.7. The first kappa shape index (κ1) is 34.7. The van der Waals surface area contributed by atoms with Gasteiger partial charge in [-0.05, 0) is 61.9 Å². The number of carbonyl (C=O) groups excluding carboxylic acids is 1. The van der Waals surface area contributed by atoms with Crippen LogP contribution in [0.1, 0.15) is 29.3 Å². The minimum absolute atomic E-state index is 0.0372. The van der Waals surface area contributed by atoms with Crippen molar-refractivity contribution in [3.8, 4) is 11.1 Å². The number of nitrogens with one attached hydrogen (secondary N) is 1. The van der Waals surface area contributed by atoms with Crippen molar-refractivity contribution < 1.29 is 26.4 Å². The lowest BCUT2D eigenvalue weighted by Crippen LogP contribution is -2.44. The Kier molecular flexibility index (Phi) is 8.90. The predicted octanol–water partition coefficient (Wildman–Crippen LogP) is 5.24. The molecule has 53 heavy (non-hydrogen) atoms. The van der Waals surface area contributed by atoms with E-state index in [4.69, 9.17) is 4.74 Å². The summed E-state index contributed by atoms with van der Waals surface area (Å²) in [4.78, 5) is 25.1. The van der Waals surface area contributed by atoms with Crippen LogP contribution in [0.15, 0.2) is 113 Å². The van der Waals surface area contributed by atoms with Crippen LogP contribution < -0.4 is 5.32 Å². The molecule has 1 saturated heterocycles. The average molecular weight is 769 g/mol. The van der Waals surface area contributed by atoms with Gasteiger partial charge in [-0.2, -0.15) is 31.1 Å². The zero-order chi connectivity index (χ0) is 36.9. The van der Waals surface area contributed by atoms with E-state index in [2.05, 4.69) is 30.4 Å². The Labute approximate surface area is 308 Å². The molecule has 1 fully saturated rings. The van der Waals surface area contributed by atoms with Crippen molar-refractivity contribution in [1.82, 2.24) is 33.2 Å². The van der Waals surface area contributed by atoms with E-state index >= 15 is 0 Å². The van der Waals surface area contributed by atoms with Crippen LogP contribution in [0.3, 0.4) is 0 Å². The SMILES string of the molecule is C[C@@H]1CN(Cc2nc(C(=O)Nc3cc(-c4cnc5c(cnn5S(=O)(=O)c5ccccc5)c4)cc4c3cnn4S(=O)(=O)c3ccccc3)cs2)C[C@H](C)O1. The molecule has 14 nitrogen and oxygen atoms in total. The number of thiazole rings is 1. The summed E-state index contributed by atoms with van der Waals surface area (Å²) >= 11 is 1.39. The van der Waals surface area contributed by atoms with Crippen molar-refractivity contribution in [3.63, 3.8) is 0 Å². The minimum Gasteiger partial charge on any atom is -0.373 e. The van der Waals surface area contributed by atoms with Gasteiger partial charge < -0.3 is 10.1 Å². The molecule has 4 aromatic heterocycles. The van der Waals surface area contributed by atoms with Crippen molar-refractivity contribution in [2.45, 2.75) is 42.4 Å². The van der Waals surface area contributed by atoms with Crippen LogP contribution in [0, 0.1) is 0 Å². The fraction of sp³-hybridized carbons (Fsp3) is 0.194. The maximum atomic E-state index is 13.8. The first-order chi connectivity index (χ1) is 25.5. The van der Waals surface area contributed by atoms with Crippen LogP contribution in [0.5, 0.6) is 0 Å². The number of pyridine rings is 1. The quantitative estimate of drug-likeness (QED) is 0.204. The smallest absolute Gasteiger partial charge is 0.284 e. The fourth-order valence-corrected chi connectivity index (χ4v) is 9.81. The second kappa shape index (κ2) is 13.6. The molecule has 1 aliphatic heterocycles. The third kappa shape index (κ3) is 6.61. The van der Waals surface area contributed by atoms with Gasteiger partial charge in [0, 0.05) is 41.0 Å². The van der Waals surface area contributed by atoms with E-state index < -0.39 is 26.0 Å². The van der Waals surface area contributed by atoms with Gasteiger partial charge in [-0.15, -0.1) is 15.4 Å². The van der Waals surface area contributed by atoms with Gasteiger partial charge in [0.1, 0.15) is 10.7 Å². The van der Waals surface area contributed by atoms with Gasteiger partial charge >= 0.3 is 0 Å². The Morgan fingerprint density at radius 3 is 2.15 bits per heavy atom. The summed E-state index contributed by atoms with van der Waals surface area (Å²) < 4.78 is 62.0. The van der Waals surface area contributed by atoms with Gasteiger partial charge in [0.15, 0.2) is 5.65 Å². The summed E-state index contributed by atoms with van der Waals surface area (Å²) in [6.07, 6.45) is 4.45. The van der Waals surface area contributed by atoms with Crippen LogP contribution in [0.25, 0.3) is 33.1 Å². The lowest BCUT2D eigenvalue weighted by molar-refractivity contribution is -0.0705. The Bertz CT molecular complexity index is 2700. The number of benzene rings is 3. The Balaban J connectivity index is 1.17. The summed E-state index contributed by atoms with van der Waals surface area (Å²) in [5, 5.41) is 14.6. The van der Waals surface area contributed by atoms with Crippen LogP contribution in [-0.4, -0.2) is 81.3 Å². The molecule has 0 saturated carbocycles. The highest BCUT2D eigenvalue weighted by Crippen LogP contribution is 2.34. The molecule has 1 aliphatic rings. The van der Waals surface area contributed by atoms with Crippen molar-refractivity contribution in [3.05, 3.63) is 114 Å². The number of ether oxygens (including phenoxy) is 1. The zero-order valence-electron chi connectivity index (χ0n) is 28.4. The molecule has 7 aromatic rings. The number of hydrogen-bond donors (Lipinski definition) is 1. The van der Waals surface area contributed by atoms with Gasteiger partial charge in [-0.1, -0.05) is 36.4 Å². The van der Waals surface area contributed by atoms with E-state index in [1.54, 1.807) is 60.0 Å². The number of nitrogens with zero attached hydrogens (tertiary/aromatic N) is 7. The Morgan fingerprint density at radius 2 is 1.47 bits per heavy atom. The number of amides is 1. The molecule has 0 radical (unpaired) electrons. The summed E-state index contributed by atoms with van der Waals surface area (Å²) in [6.45, 7) is 6.16. The number of carbonyl (C=O) groups is 1. The Hall–Kier alpha value is -5.33. The van der Waals surface area contributed by atoms with Crippen LogP contribution in [-0.2, 0) is 31.3 Å². The van der Waals surface area contributed by atoms with Gasteiger partial charge in [0.05, 0.1) is 52.1 Å². The highest BCUT2D eigenvalue weighted by molar-refractivity contribution is 7.90. The summed E-state index contributed by atoms with van der Waals surface area (Å²) in [5.74, 6) is -0.477. The van der Waals surface area contributed by atoms with Crippen molar-refractivity contribution in [2.75, 3.05) is 18.4 Å². The molecule has 2 atom stereocenters. The number of morpholine rings is 1. The van der Waals surface area contributed by atoms with Gasteiger partial charge in [-0.3, -0.25) is 9.69 Å². The van der Waals surface area contributed by atoms with Crippen LogP contribution >= 0.6 is 11.3 Å². The molecule has 0 spiro atoms. The normalized spacial score (nSPS) is 17.0. The first-order valence-electron chi connectivity index (χ1n) is 16.6. The van der Waals surface area contributed by atoms with Crippen molar-refractivity contribution >= 4 is 64.9 Å². The highest BCUT2D eigenvalue weighted by atomic mass is 32.2. The standard InChI is InChI=1S/C36H32N8O6S3/c1-23-19-42(20-24(2)50-23)21-34-40-32(22-51-34)36(45)41-31-14-25(15-33-30(31)18-39-43(33)52(46,47)28-9-5-3-6-10-28)26-13-27-17-38-44(35(27)37-16-26)53(48,49)29-11-7-4-8-12-29/h3-18,22-24H,19-21H2,1-2H3,(H,41,45)/t23-,24+.